The van der Waals surface area contributed by atoms with E-state index in [0.717, 1.165) is 27.7 Å². The number of ether oxygens (including phenoxy) is 1. The molecular weight excluding hydrogens is 598 g/mol. The number of nitrogens with zero attached hydrogens (tertiary/aromatic N) is 4. The van der Waals surface area contributed by atoms with Gasteiger partial charge in [0.2, 0.25) is 5.95 Å². The SMILES string of the molecule is Bc1c(B)c(C(B)(B)Nc2nc3nc(B)n(C(B)(B)C(B)(B)N4C(B)(B)C(B)(B)OC(B)(B)C4(B)B)c3c(=O)[nH]2)c(B)c(Cl)c1Cl. The molecule has 8 nitrogen and oxygen atoms in total. The molecule has 46 heavy (non-hydrogen) atoms. The fourth-order valence-electron chi connectivity index (χ4n) is 8.28. The highest BCUT2D eigenvalue weighted by Gasteiger charge is 2.63. The molecule has 28 heteroatoms. The molecule has 3 heterocycles. The zero-order valence-corrected chi connectivity index (χ0v) is 32.9. The Morgan fingerprint density at radius 1 is 0.739 bits per heavy atom. The second-order valence-corrected chi connectivity index (χ2v) is 17.7. The molecule has 1 aliphatic rings. The number of halogens is 2. The molecule has 1 aliphatic heterocycles. The van der Waals surface area contributed by atoms with Crippen molar-refractivity contribution in [2.45, 2.75) is 37.5 Å². The molecule has 0 amide bonds. The average molecular weight is 636 g/mol. The lowest BCUT2D eigenvalue weighted by Crippen LogP contribution is -2.92. The van der Waals surface area contributed by atoms with Gasteiger partial charge < -0.3 is 19.5 Å². The number of anilines is 1. The second kappa shape index (κ2) is 11.3. The summed E-state index contributed by atoms with van der Waals surface area (Å²) in [5, 5.41) is 1.16. The van der Waals surface area contributed by atoms with E-state index in [0.29, 0.717) is 27.2 Å². The Bertz CT molecular complexity index is 1760. The van der Waals surface area contributed by atoms with E-state index in [2.05, 4.69) is 114 Å². The maximum Gasteiger partial charge on any atom is 0.278 e. The topological polar surface area (TPSA) is 88.1 Å². The van der Waals surface area contributed by atoms with Crippen molar-refractivity contribution in [1.82, 2.24) is 24.4 Å². The van der Waals surface area contributed by atoms with Crippen LogP contribution in [0.25, 0.3) is 11.2 Å². The highest BCUT2D eigenvalue weighted by molar-refractivity contribution is 6.64. The number of rotatable bonds is 6. The largest absolute Gasteiger partial charge is 0.403 e. The number of aromatic amines is 1. The molecule has 0 atom stereocenters. The van der Waals surface area contributed by atoms with E-state index in [-0.39, 0.29) is 16.2 Å². The summed E-state index contributed by atoms with van der Waals surface area (Å²) in [5.74, 6) is 0.339. The smallest absolute Gasteiger partial charge is 0.278 e. The van der Waals surface area contributed by atoms with Crippen molar-refractivity contribution in [2.75, 3.05) is 5.32 Å². The van der Waals surface area contributed by atoms with E-state index in [1.54, 1.807) is 0 Å². The van der Waals surface area contributed by atoms with Crippen LogP contribution in [0.1, 0.15) is 5.56 Å². The molecule has 0 aliphatic carbocycles. The Morgan fingerprint density at radius 2 is 1.22 bits per heavy atom. The molecule has 0 bridgehead atoms. The van der Waals surface area contributed by atoms with Gasteiger partial charge >= 0.3 is 0 Å². The number of aromatic nitrogens is 4. The van der Waals surface area contributed by atoms with E-state index < -0.39 is 26.8 Å². The third-order valence-corrected chi connectivity index (χ3v) is 13.1. The van der Waals surface area contributed by atoms with Crippen molar-refractivity contribution in [3.8, 4) is 0 Å². The van der Waals surface area contributed by atoms with Gasteiger partial charge in [0, 0.05) is 16.1 Å². The van der Waals surface area contributed by atoms with Crippen LogP contribution >= 0.6 is 23.2 Å². The fraction of sp³-hybridized carbons (Fsp3) is 0.389. The number of imidazole rings is 1. The summed E-state index contributed by atoms with van der Waals surface area (Å²) in [6.07, 6.45) is 0. The molecule has 220 valence electrons. The van der Waals surface area contributed by atoms with E-state index in [9.17, 15) is 4.79 Å². The van der Waals surface area contributed by atoms with E-state index in [1.807, 2.05) is 47.1 Å². The summed E-state index contributed by atoms with van der Waals surface area (Å²) in [6.45, 7) is 0. The summed E-state index contributed by atoms with van der Waals surface area (Å²) < 4.78 is 8.88. The predicted molar refractivity (Wildman–Crippen MR) is 247 cm³/mol. The van der Waals surface area contributed by atoms with Crippen LogP contribution in [0.2, 0.25) is 10.0 Å². The van der Waals surface area contributed by atoms with Gasteiger partial charge in [0.15, 0.2) is 19.0 Å². The standard InChI is InChI=1S/C18H38B18Cl2N6O2/c19-2-1(3(20)5(37)6(38)4(2)21)12(23,24)42-11-40-8-7(9(45)41-11)43(10(22)39-8)13(25,26)14(27,28)44-15(29,30)17(33,34)46-18(35,36)16(44,31)32/h19-36H2,(H2,40,41,42,45). The first kappa shape index (κ1) is 37.9. The maximum absolute atomic E-state index is 14.1. The van der Waals surface area contributed by atoms with Gasteiger partial charge in [-0.15, -0.1) is 0 Å². The number of hydrogen-bond donors (Lipinski definition) is 2. The summed E-state index contributed by atoms with van der Waals surface area (Å²) in [4.78, 5) is 29.5. The van der Waals surface area contributed by atoms with Gasteiger partial charge in [-0.05, 0) is 21.4 Å². The molecule has 3 aromatic rings. The quantitative estimate of drug-likeness (QED) is 0.262. The number of hydrogen-bond acceptors (Lipinski definition) is 6. The third kappa shape index (κ3) is 5.37. The van der Waals surface area contributed by atoms with Crippen molar-refractivity contribution in [3.05, 3.63) is 26.0 Å². The first-order valence-electron chi connectivity index (χ1n) is 16.2. The van der Waals surface area contributed by atoms with Gasteiger partial charge in [-0.3, -0.25) is 9.78 Å². The van der Waals surface area contributed by atoms with Crippen LogP contribution in [0.4, 0.5) is 5.95 Å². The molecule has 0 spiro atoms. The lowest BCUT2D eigenvalue weighted by atomic mass is 9.26. The van der Waals surface area contributed by atoms with Gasteiger partial charge in [-0.25, -0.2) is 4.98 Å². The summed E-state index contributed by atoms with van der Waals surface area (Å²) in [5.41, 5.74) is 5.16. The van der Waals surface area contributed by atoms with Gasteiger partial charge in [0.1, 0.15) is 133 Å². The maximum atomic E-state index is 14.1. The molecule has 1 saturated heterocycles. The normalized spacial score (nSPS) is 19.5. The number of morpholine rings is 1. The highest BCUT2D eigenvalue weighted by atomic mass is 35.5. The van der Waals surface area contributed by atoms with Crippen molar-refractivity contribution >= 4 is 204 Å². The predicted octanol–water partition coefficient (Wildman–Crippen LogP) is -19.2. The summed E-state index contributed by atoms with van der Waals surface area (Å²) in [7, 11) is 38.6. The van der Waals surface area contributed by atoms with E-state index in [1.165, 1.54) is 0 Å². The molecule has 2 N–H and O–H groups in total. The van der Waals surface area contributed by atoms with Gasteiger partial charge in [-0.1, -0.05) is 45.2 Å². The lowest BCUT2D eigenvalue weighted by Gasteiger charge is -2.75. The van der Waals surface area contributed by atoms with E-state index >= 15 is 0 Å². The number of fused-ring (bicyclic) bond motifs is 1. The second-order valence-electron chi connectivity index (χ2n) is 16.9. The molecule has 1 aromatic carbocycles. The van der Waals surface area contributed by atoms with Gasteiger partial charge in [-0.2, -0.15) is 4.98 Å². The molecule has 1 fully saturated rings. The van der Waals surface area contributed by atoms with Crippen LogP contribution in [0.3, 0.4) is 0 Å². The number of nitrogens with one attached hydrogen (secondary N) is 2. The van der Waals surface area contributed by atoms with Crippen LogP contribution in [-0.2, 0) is 15.4 Å². The zero-order valence-electron chi connectivity index (χ0n) is 31.4. The average Bonchev–Trinajstić information content (AvgIpc) is 3.20. The Hall–Kier alpha value is -0.961. The highest BCUT2D eigenvalue weighted by Crippen LogP contribution is 2.45. The van der Waals surface area contributed by atoms with Crippen molar-refractivity contribution in [1.29, 1.82) is 0 Å². The van der Waals surface area contributed by atoms with E-state index in [4.69, 9.17) is 37.9 Å². The lowest BCUT2D eigenvalue weighted by molar-refractivity contribution is -0.126. The Kier molecular flexibility index (Phi) is 9.28. The molecular formula is C18H38B18Cl2N6O2. The number of H-pyrrole nitrogens is 1. The minimum Gasteiger partial charge on any atom is -0.403 e. The first-order valence-corrected chi connectivity index (χ1v) is 17.0. The van der Waals surface area contributed by atoms with Crippen LogP contribution in [-0.4, -0.2) is 192 Å². The summed E-state index contributed by atoms with van der Waals surface area (Å²) in [6, 6.07) is 0. The van der Waals surface area contributed by atoms with Crippen molar-refractivity contribution < 1.29 is 4.74 Å². The Morgan fingerprint density at radius 3 is 1.72 bits per heavy atom. The van der Waals surface area contributed by atoms with Crippen LogP contribution < -0.4 is 33.0 Å². The van der Waals surface area contributed by atoms with Gasteiger partial charge in [0.05, 0.1) is 15.8 Å². The molecule has 0 saturated carbocycles. The monoisotopic (exact) mass is 638 g/mol. The summed E-state index contributed by atoms with van der Waals surface area (Å²) >= 11 is 13.2. The molecule has 4 rings (SSSR count). The van der Waals surface area contributed by atoms with Crippen molar-refractivity contribution in [3.63, 3.8) is 0 Å². The zero-order chi connectivity index (χ0) is 35.5. The first-order chi connectivity index (χ1) is 20.5. The number of benzene rings is 1. The minimum atomic E-state index is -0.636. The van der Waals surface area contributed by atoms with Gasteiger partial charge in [0.25, 0.3) is 5.56 Å². The van der Waals surface area contributed by atoms with Crippen molar-refractivity contribution in [2.24, 2.45) is 0 Å². The Balaban J connectivity index is 1.87. The van der Waals surface area contributed by atoms with Crippen LogP contribution in [0.15, 0.2) is 4.79 Å². The third-order valence-electron chi connectivity index (χ3n) is 12.1. The molecule has 2 aromatic heterocycles. The molecule has 0 unspecified atom stereocenters. The Labute approximate surface area is 300 Å². The fourth-order valence-corrected chi connectivity index (χ4v) is 8.80. The van der Waals surface area contributed by atoms with Crippen LogP contribution in [0.5, 0.6) is 0 Å². The molecule has 0 radical (unpaired) electrons. The van der Waals surface area contributed by atoms with Crippen LogP contribution in [0, 0.1) is 0 Å². The minimum absolute atomic E-state index is 0.257.